The lowest BCUT2D eigenvalue weighted by atomic mass is 9.77. The number of rotatable bonds is 8. The Balaban J connectivity index is 1.88. The quantitative estimate of drug-likeness (QED) is 0.643. The van der Waals surface area contributed by atoms with Crippen LogP contribution in [-0.2, 0) is 27.3 Å². The van der Waals surface area contributed by atoms with Gasteiger partial charge in [-0.1, -0.05) is 24.3 Å². The second kappa shape index (κ2) is 8.37. The van der Waals surface area contributed by atoms with Gasteiger partial charge in [-0.15, -0.1) is 0 Å². The molecule has 29 heavy (non-hydrogen) atoms. The fourth-order valence-corrected chi connectivity index (χ4v) is 3.95. The van der Waals surface area contributed by atoms with Gasteiger partial charge in [0.25, 0.3) is 11.8 Å². The molecule has 1 aliphatic carbocycles. The van der Waals surface area contributed by atoms with Gasteiger partial charge in [-0.3, -0.25) is 14.4 Å². The number of benzene rings is 1. The maximum Gasteiger partial charge on any atom is 0.315 e. The Morgan fingerprint density at radius 1 is 1.28 bits per heavy atom. The molecule has 7 heteroatoms. The number of hydrogen-bond acceptors (Lipinski definition) is 4. The van der Waals surface area contributed by atoms with Crippen molar-refractivity contribution in [3.63, 3.8) is 0 Å². The first-order chi connectivity index (χ1) is 13.8. The standard InChI is InChI=1S/C22H29N3O4/c1-23-19(26)18-12-22(21(28)29,17-7-8-17)14-25(20(18)27)13-16-6-4-5-15(11-16)9-10-24(2)3/h4-6,11-12,17H,7-10,13-14H2,1-3H3,(H,23,26)(H,28,29). The molecule has 2 amide bonds. The molecular formula is C22H29N3O4. The van der Waals surface area contributed by atoms with Crippen molar-refractivity contribution < 1.29 is 19.5 Å². The zero-order valence-electron chi connectivity index (χ0n) is 17.3. The SMILES string of the molecule is CNC(=O)C1=CC(C(=O)O)(C2CC2)CN(Cc2cccc(CCN(C)C)c2)C1=O. The number of carboxylic acid groups (broad SMARTS) is 1. The Morgan fingerprint density at radius 3 is 2.55 bits per heavy atom. The van der Waals surface area contributed by atoms with Gasteiger partial charge >= 0.3 is 5.97 Å². The van der Waals surface area contributed by atoms with Crippen molar-refractivity contribution in [2.45, 2.75) is 25.8 Å². The van der Waals surface area contributed by atoms with E-state index in [0.717, 1.165) is 36.9 Å². The third-order valence-corrected chi connectivity index (χ3v) is 5.76. The smallest absolute Gasteiger partial charge is 0.315 e. The average molecular weight is 399 g/mol. The van der Waals surface area contributed by atoms with Gasteiger partial charge in [0.1, 0.15) is 11.0 Å². The third kappa shape index (κ3) is 4.50. The zero-order chi connectivity index (χ0) is 21.2. The minimum absolute atomic E-state index is 0.0401. The Kier molecular flexibility index (Phi) is 6.07. The van der Waals surface area contributed by atoms with E-state index >= 15 is 0 Å². The van der Waals surface area contributed by atoms with Gasteiger partial charge in [-0.05, 0) is 56.5 Å². The summed E-state index contributed by atoms with van der Waals surface area (Å²) in [5.74, 6) is -1.97. The number of amides is 2. The summed E-state index contributed by atoms with van der Waals surface area (Å²) < 4.78 is 0. The second-order valence-corrected chi connectivity index (χ2v) is 8.29. The van der Waals surface area contributed by atoms with Crippen LogP contribution in [0.3, 0.4) is 0 Å². The lowest BCUT2D eigenvalue weighted by Gasteiger charge is -2.38. The van der Waals surface area contributed by atoms with Gasteiger partial charge < -0.3 is 20.2 Å². The Bertz CT molecular complexity index is 844. The van der Waals surface area contributed by atoms with Gasteiger partial charge in [-0.2, -0.15) is 0 Å². The monoisotopic (exact) mass is 399 g/mol. The summed E-state index contributed by atoms with van der Waals surface area (Å²) in [4.78, 5) is 41.1. The first-order valence-electron chi connectivity index (χ1n) is 9.97. The minimum atomic E-state index is -1.20. The summed E-state index contributed by atoms with van der Waals surface area (Å²) in [5, 5.41) is 12.5. The van der Waals surface area contributed by atoms with Crippen LogP contribution in [0.5, 0.6) is 0 Å². The molecule has 2 N–H and O–H groups in total. The first kappa shape index (κ1) is 21.0. The van der Waals surface area contributed by atoms with Gasteiger partial charge in [0.05, 0.1) is 0 Å². The maximum absolute atomic E-state index is 13.0. The second-order valence-electron chi connectivity index (χ2n) is 8.29. The highest BCUT2D eigenvalue weighted by Gasteiger charge is 2.54. The zero-order valence-corrected chi connectivity index (χ0v) is 17.3. The van der Waals surface area contributed by atoms with Crippen LogP contribution < -0.4 is 5.32 Å². The Labute approximate surface area is 171 Å². The molecule has 3 rings (SSSR count). The highest BCUT2D eigenvalue weighted by Crippen LogP contribution is 2.49. The van der Waals surface area contributed by atoms with Crippen LogP contribution in [0, 0.1) is 11.3 Å². The molecule has 156 valence electrons. The molecule has 7 nitrogen and oxygen atoms in total. The molecular weight excluding hydrogens is 370 g/mol. The van der Waals surface area contributed by atoms with E-state index in [1.54, 1.807) is 0 Å². The number of hydrogen-bond donors (Lipinski definition) is 2. The summed E-state index contributed by atoms with van der Waals surface area (Å²) in [5.41, 5.74) is 0.826. The van der Waals surface area contributed by atoms with E-state index < -0.39 is 23.2 Å². The molecule has 1 aliphatic heterocycles. The van der Waals surface area contributed by atoms with Crippen molar-refractivity contribution >= 4 is 17.8 Å². The average Bonchev–Trinajstić information content (AvgIpc) is 3.53. The molecule has 0 radical (unpaired) electrons. The number of carboxylic acids is 1. The first-order valence-corrected chi connectivity index (χ1v) is 9.97. The summed E-state index contributed by atoms with van der Waals surface area (Å²) in [7, 11) is 5.49. The number of nitrogens with zero attached hydrogens (tertiary/aromatic N) is 2. The van der Waals surface area contributed by atoms with Crippen LogP contribution in [0.4, 0.5) is 0 Å². The Hall–Kier alpha value is -2.67. The summed E-state index contributed by atoms with van der Waals surface area (Å²) in [6.45, 7) is 1.29. The molecule has 1 aromatic rings. The largest absolute Gasteiger partial charge is 0.481 e. The van der Waals surface area contributed by atoms with Crippen molar-refractivity contribution in [3.8, 4) is 0 Å². The summed E-state index contributed by atoms with van der Waals surface area (Å²) in [6, 6.07) is 7.99. The molecule has 0 saturated heterocycles. The highest BCUT2D eigenvalue weighted by molar-refractivity contribution is 6.19. The topological polar surface area (TPSA) is 89.9 Å². The van der Waals surface area contributed by atoms with E-state index in [1.165, 1.54) is 18.0 Å². The lowest BCUT2D eigenvalue weighted by Crippen LogP contribution is -2.52. The van der Waals surface area contributed by atoms with Gasteiger partial charge in [0, 0.05) is 26.7 Å². The van der Waals surface area contributed by atoms with Crippen LogP contribution >= 0.6 is 0 Å². The van der Waals surface area contributed by atoms with Crippen LogP contribution in [0.15, 0.2) is 35.9 Å². The van der Waals surface area contributed by atoms with E-state index in [4.69, 9.17) is 0 Å². The predicted molar refractivity (Wildman–Crippen MR) is 109 cm³/mol. The van der Waals surface area contributed by atoms with Crippen molar-refractivity contribution in [1.82, 2.24) is 15.1 Å². The fourth-order valence-electron chi connectivity index (χ4n) is 3.95. The normalized spacial score (nSPS) is 21.9. The number of carbonyl (C=O) groups excluding carboxylic acids is 2. The van der Waals surface area contributed by atoms with E-state index in [1.807, 2.05) is 38.4 Å². The summed E-state index contributed by atoms with van der Waals surface area (Å²) >= 11 is 0. The number of aliphatic carboxylic acids is 1. The molecule has 0 bridgehead atoms. The van der Waals surface area contributed by atoms with Crippen molar-refractivity contribution in [3.05, 3.63) is 47.0 Å². The van der Waals surface area contributed by atoms with Crippen LogP contribution in [0.1, 0.15) is 24.0 Å². The van der Waals surface area contributed by atoms with Gasteiger partial charge in [0.2, 0.25) is 0 Å². The predicted octanol–water partition coefficient (Wildman–Crippen LogP) is 1.29. The van der Waals surface area contributed by atoms with Gasteiger partial charge in [0.15, 0.2) is 0 Å². The number of carbonyl (C=O) groups is 3. The molecule has 1 saturated carbocycles. The van der Waals surface area contributed by atoms with E-state index in [2.05, 4.69) is 10.2 Å². The lowest BCUT2D eigenvalue weighted by molar-refractivity contribution is -0.151. The van der Waals surface area contributed by atoms with Crippen LogP contribution in [0.2, 0.25) is 0 Å². The minimum Gasteiger partial charge on any atom is -0.481 e. The van der Waals surface area contributed by atoms with E-state index in [-0.39, 0.29) is 24.6 Å². The molecule has 0 spiro atoms. The molecule has 1 heterocycles. The molecule has 0 aromatic heterocycles. The van der Waals surface area contributed by atoms with Gasteiger partial charge in [-0.25, -0.2) is 0 Å². The molecule has 1 fully saturated rings. The molecule has 2 aliphatic rings. The van der Waals surface area contributed by atoms with Crippen molar-refractivity contribution in [1.29, 1.82) is 0 Å². The highest BCUT2D eigenvalue weighted by atomic mass is 16.4. The van der Waals surface area contributed by atoms with Crippen molar-refractivity contribution in [2.75, 3.05) is 34.2 Å². The molecule has 1 unspecified atom stereocenters. The van der Waals surface area contributed by atoms with E-state index in [9.17, 15) is 19.5 Å². The molecule has 1 aromatic carbocycles. The number of nitrogens with one attached hydrogen (secondary N) is 1. The third-order valence-electron chi connectivity index (χ3n) is 5.76. The van der Waals surface area contributed by atoms with Crippen LogP contribution in [0.25, 0.3) is 0 Å². The van der Waals surface area contributed by atoms with E-state index in [0.29, 0.717) is 0 Å². The Morgan fingerprint density at radius 2 is 1.97 bits per heavy atom. The number of likely N-dealkylation sites (N-methyl/N-ethyl adjacent to an activating group) is 2. The fraction of sp³-hybridized carbons (Fsp3) is 0.500. The molecule has 1 atom stereocenters. The maximum atomic E-state index is 13.0. The van der Waals surface area contributed by atoms with Crippen LogP contribution in [-0.4, -0.2) is 66.9 Å². The van der Waals surface area contributed by atoms with Crippen molar-refractivity contribution in [2.24, 2.45) is 11.3 Å². The summed E-state index contributed by atoms with van der Waals surface area (Å²) in [6.07, 6.45) is 3.88.